The predicted molar refractivity (Wildman–Crippen MR) is 88.1 cm³/mol. The van der Waals surface area contributed by atoms with Gasteiger partial charge < -0.3 is 0 Å². The van der Waals surface area contributed by atoms with Gasteiger partial charge in [0.1, 0.15) is 6.54 Å². The number of hydrogen-bond donors (Lipinski definition) is 0. The van der Waals surface area contributed by atoms with Crippen LogP contribution in [0.1, 0.15) is 82.9 Å². The van der Waals surface area contributed by atoms with E-state index in [0.717, 1.165) is 6.54 Å². The van der Waals surface area contributed by atoms with Gasteiger partial charge in [-0.15, -0.1) is 0 Å². The van der Waals surface area contributed by atoms with Gasteiger partial charge in [-0.05, 0) is 38.2 Å². The van der Waals surface area contributed by atoms with Gasteiger partial charge in [0.2, 0.25) is 0 Å². The topological polar surface area (TPSA) is 3.88 Å². The van der Waals surface area contributed by atoms with Crippen LogP contribution in [0.3, 0.4) is 0 Å². The zero-order chi connectivity index (χ0) is 14.8. The van der Waals surface area contributed by atoms with Gasteiger partial charge in [-0.3, -0.25) is 0 Å². The van der Waals surface area contributed by atoms with Crippen LogP contribution in [0.25, 0.3) is 0 Å². The zero-order valence-electron chi connectivity index (χ0n) is 14.2. The summed E-state index contributed by atoms with van der Waals surface area (Å²) in [6.07, 6.45) is 16.6. The summed E-state index contributed by atoms with van der Waals surface area (Å²) in [6.45, 7) is 10.2. The van der Waals surface area contributed by atoms with E-state index in [1.165, 1.54) is 57.8 Å². The minimum Gasteiger partial charge on any atom is -0.205 e. The van der Waals surface area contributed by atoms with Crippen LogP contribution < -0.4 is 4.57 Å². The van der Waals surface area contributed by atoms with Crippen LogP contribution >= 0.6 is 0 Å². The highest BCUT2D eigenvalue weighted by molar-refractivity contribution is 5.30. The Morgan fingerprint density at radius 1 is 0.750 bits per heavy atom. The lowest BCUT2D eigenvalue weighted by atomic mass is 9.94. The van der Waals surface area contributed by atoms with E-state index in [0.29, 0.717) is 0 Å². The third-order valence-electron chi connectivity index (χ3n) is 4.21. The molecular formula is C19H34N+. The van der Waals surface area contributed by atoms with E-state index >= 15 is 0 Å². The monoisotopic (exact) mass is 276 g/mol. The van der Waals surface area contributed by atoms with E-state index in [1.54, 1.807) is 16.7 Å². The maximum atomic E-state index is 2.41. The summed E-state index contributed by atoms with van der Waals surface area (Å²) in [7, 11) is 0. The normalized spacial score (nSPS) is 11.0. The van der Waals surface area contributed by atoms with Crippen LogP contribution in [0.5, 0.6) is 0 Å². The van der Waals surface area contributed by atoms with Crippen molar-refractivity contribution in [1.82, 2.24) is 0 Å². The average Bonchev–Trinajstić information content (AvgIpc) is 2.48. The van der Waals surface area contributed by atoms with E-state index in [2.05, 4.69) is 44.7 Å². The third kappa shape index (κ3) is 5.26. The summed E-state index contributed by atoms with van der Waals surface area (Å²) in [5, 5.41) is 0. The number of unbranched alkanes of at least 4 members (excludes halogenated alkanes) is 4. The number of nitrogens with zero attached hydrogens (tertiary/aromatic N) is 1. The quantitative estimate of drug-likeness (QED) is 0.417. The Morgan fingerprint density at radius 3 is 2.05 bits per heavy atom. The molecule has 0 aliphatic rings. The van der Waals surface area contributed by atoms with Crippen LogP contribution in [0.4, 0.5) is 0 Å². The first kappa shape index (κ1) is 17.2. The Kier molecular flexibility index (Phi) is 8.57. The molecule has 0 saturated heterocycles. The second-order valence-electron chi connectivity index (χ2n) is 5.89. The molecule has 0 N–H and O–H groups in total. The van der Waals surface area contributed by atoms with E-state index in [-0.39, 0.29) is 0 Å². The molecule has 1 heteroatoms. The van der Waals surface area contributed by atoms with Crippen LogP contribution in [0.15, 0.2) is 12.4 Å². The summed E-state index contributed by atoms with van der Waals surface area (Å²) >= 11 is 0. The minimum atomic E-state index is 1.09. The molecule has 1 aromatic heterocycles. The molecule has 0 saturated carbocycles. The molecule has 0 unspecified atom stereocenters. The maximum Gasteiger partial charge on any atom is 0.172 e. The van der Waals surface area contributed by atoms with Crippen LogP contribution in [0.2, 0.25) is 0 Å². The number of aryl methyl sites for hydroxylation is 3. The van der Waals surface area contributed by atoms with Gasteiger partial charge in [-0.25, -0.2) is 4.57 Å². The molecule has 0 aliphatic carbocycles. The lowest BCUT2D eigenvalue weighted by molar-refractivity contribution is -0.694. The van der Waals surface area contributed by atoms with Crippen molar-refractivity contribution in [3.63, 3.8) is 0 Å². The summed E-state index contributed by atoms with van der Waals surface area (Å²) in [5.74, 6) is 0. The molecular weight excluding hydrogens is 242 g/mol. The Labute approximate surface area is 126 Å². The van der Waals surface area contributed by atoms with Gasteiger partial charge in [0, 0.05) is 11.1 Å². The molecule has 1 aromatic rings. The molecule has 20 heavy (non-hydrogen) atoms. The molecule has 0 amide bonds. The molecule has 114 valence electrons. The van der Waals surface area contributed by atoms with Crippen molar-refractivity contribution in [2.75, 3.05) is 0 Å². The van der Waals surface area contributed by atoms with Crippen LogP contribution in [0, 0.1) is 0 Å². The molecule has 0 spiro atoms. The van der Waals surface area contributed by atoms with Gasteiger partial charge in [-0.1, -0.05) is 52.9 Å². The highest BCUT2D eigenvalue weighted by Crippen LogP contribution is 2.18. The Morgan fingerprint density at radius 2 is 1.45 bits per heavy atom. The molecule has 0 bridgehead atoms. The number of pyridine rings is 1. The van der Waals surface area contributed by atoms with Gasteiger partial charge in [-0.2, -0.15) is 0 Å². The minimum absolute atomic E-state index is 1.09. The zero-order valence-corrected chi connectivity index (χ0v) is 14.2. The largest absolute Gasteiger partial charge is 0.205 e. The predicted octanol–water partition coefficient (Wildman–Crippen LogP) is 5.02. The number of hydrogen-bond acceptors (Lipinski definition) is 0. The van der Waals surface area contributed by atoms with Crippen molar-refractivity contribution in [2.45, 2.75) is 92.0 Å². The summed E-state index contributed by atoms with van der Waals surface area (Å²) < 4.78 is 2.37. The maximum absolute atomic E-state index is 2.41. The fraction of sp³-hybridized carbons (Fsp3) is 0.737. The Balaban J connectivity index is 2.79. The molecule has 0 radical (unpaired) electrons. The highest BCUT2D eigenvalue weighted by atomic mass is 14.9. The van der Waals surface area contributed by atoms with E-state index in [1.807, 2.05) is 0 Å². The lowest BCUT2D eigenvalue weighted by Crippen LogP contribution is -2.33. The number of aromatic nitrogens is 1. The second-order valence-corrected chi connectivity index (χ2v) is 5.89. The van der Waals surface area contributed by atoms with Crippen molar-refractivity contribution < 1.29 is 4.57 Å². The van der Waals surface area contributed by atoms with Crippen molar-refractivity contribution in [2.24, 2.45) is 0 Å². The molecule has 0 atom stereocenters. The van der Waals surface area contributed by atoms with Crippen LogP contribution in [-0.2, 0) is 25.8 Å². The summed E-state index contributed by atoms with van der Waals surface area (Å²) in [5.41, 5.74) is 4.83. The van der Waals surface area contributed by atoms with Gasteiger partial charge in [0.15, 0.2) is 12.4 Å². The first-order valence-corrected chi connectivity index (χ1v) is 8.80. The van der Waals surface area contributed by atoms with Crippen molar-refractivity contribution in [3.8, 4) is 0 Å². The Bertz CT molecular complexity index is 382. The van der Waals surface area contributed by atoms with Gasteiger partial charge >= 0.3 is 0 Å². The fourth-order valence-corrected chi connectivity index (χ4v) is 2.99. The average molecular weight is 276 g/mol. The van der Waals surface area contributed by atoms with E-state index in [4.69, 9.17) is 0 Å². The smallest absolute Gasteiger partial charge is 0.172 e. The van der Waals surface area contributed by atoms with Crippen molar-refractivity contribution in [3.05, 3.63) is 29.1 Å². The first-order chi connectivity index (χ1) is 9.76. The number of rotatable bonds is 10. The highest BCUT2D eigenvalue weighted by Gasteiger charge is 2.13. The molecule has 1 nitrogen and oxygen atoms in total. The summed E-state index contributed by atoms with van der Waals surface area (Å²) in [4.78, 5) is 0. The van der Waals surface area contributed by atoms with E-state index < -0.39 is 0 Å². The van der Waals surface area contributed by atoms with Gasteiger partial charge in [0.25, 0.3) is 0 Å². The van der Waals surface area contributed by atoms with Crippen molar-refractivity contribution >= 4 is 0 Å². The fourth-order valence-electron chi connectivity index (χ4n) is 2.99. The Hall–Kier alpha value is -0.850. The molecule has 1 rings (SSSR count). The van der Waals surface area contributed by atoms with Crippen molar-refractivity contribution in [1.29, 1.82) is 0 Å². The molecule has 0 aliphatic heterocycles. The molecule has 0 fully saturated rings. The SMILES string of the molecule is CCCCCCCc1c[n+](CC)cc(CC)c1CCC. The molecule has 1 heterocycles. The third-order valence-corrected chi connectivity index (χ3v) is 4.21. The lowest BCUT2D eigenvalue weighted by Gasteiger charge is -2.12. The first-order valence-electron chi connectivity index (χ1n) is 8.80. The van der Waals surface area contributed by atoms with E-state index in [9.17, 15) is 0 Å². The molecule has 0 aromatic carbocycles. The summed E-state index contributed by atoms with van der Waals surface area (Å²) in [6, 6.07) is 0. The van der Waals surface area contributed by atoms with Crippen LogP contribution in [-0.4, -0.2) is 0 Å². The standard InChI is InChI=1S/C19H34N/c1-5-9-10-11-12-14-18-16-20(8-4)15-17(7-3)19(18)13-6-2/h15-16H,5-14H2,1-4H3/q+1. The second kappa shape index (κ2) is 9.96. The van der Waals surface area contributed by atoms with Gasteiger partial charge in [0.05, 0.1) is 0 Å².